The summed E-state index contributed by atoms with van der Waals surface area (Å²) in [5.74, 6) is 2.53. The van der Waals surface area contributed by atoms with Crippen molar-refractivity contribution in [3.63, 3.8) is 0 Å². The average molecular weight is 301 g/mol. The van der Waals surface area contributed by atoms with Crippen molar-refractivity contribution in [3.05, 3.63) is 39.9 Å². The van der Waals surface area contributed by atoms with Gasteiger partial charge in [0.2, 0.25) is 5.89 Å². The van der Waals surface area contributed by atoms with Crippen LogP contribution in [0.15, 0.2) is 21.5 Å². The highest BCUT2D eigenvalue weighted by Gasteiger charge is 2.32. The molecule has 116 valence electrons. The zero-order chi connectivity index (χ0) is 15.1. The van der Waals surface area contributed by atoms with Gasteiger partial charge in [-0.05, 0) is 25.8 Å². The number of aromatic nitrogens is 4. The summed E-state index contributed by atoms with van der Waals surface area (Å²) in [6.45, 7) is 5.18. The van der Waals surface area contributed by atoms with E-state index in [0.717, 1.165) is 37.0 Å². The lowest BCUT2D eigenvalue weighted by Gasteiger charge is -2.38. The monoisotopic (exact) mass is 301 g/mol. The topological polar surface area (TPSA) is 77.0 Å². The summed E-state index contributed by atoms with van der Waals surface area (Å²) >= 11 is 0. The van der Waals surface area contributed by atoms with E-state index in [9.17, 15) is 4.79 Å². The molecule has 0 aromatic carbocycles. The molecule has 3 heterocycles. The average Bonchev–Trinajstić information content (AvgIpc) is 3.20. The Bertz CT molecular complexity index is 728. The summed E-state index contributed by atoms with van der Waals surface area (Å²) in [6.07, 6.45) is 2.34. The Hall–Kier alpha value is -2.02. The van der Waals surface area contributed by atoms with Gasteiger partial charge >= 0.3 is 0 Å². The fourth-order valence-corrected chi connectivity index (χ4v) is 2.88. The molecule has 1 saturated carbocycles. The standard InChI is InChI=1S/C15H19N5O2/c1-10-2-5-14(21)20(17-10)8-11-6-19(7-11)9-13-16-15(22-18-13)12-3-4-12/h2,5,11-12H,3-4,6-9H2,1H3. The molecular formula is C15H19N5O2. The van der Waals surface area contributed by atoms with Crippen LogP contribution in [0.25, 0.3) is 0 Å². The summed E-state index contributed by atoms with van der Waals surface area (Å²) in [6, 6.07) is 3.33. The lowest BCUT2D eigenvalue weighted by molar-refractivity contribution is 0.0731. The van der Waals surface area contributed by atoms with Crippen molar-refractivity contribution in [1.82, 2.24) is 24.8 Å². The molecule has 2 aromatic heterocycles. The highest BCUT2D eigenvalue weighted by Crippen LogP contribution is 2.38. The van der Waals surface area contributed by atoms with E-state index in [-0.39, 0.29) is 5.56 Å². The Morgan fingerprint density at radius 2 is 2.14 bits per heavy atom. The van der Waals surface area contributed by atoms with Gasteiger partial charge in [-0.1, -0.05) is 5.16 Å². The van der Waals surface area contributed by atoms with Crippen molar-refractivity contribution in [1.29, 1.82) is 0 Å². The van der Waals surface area contributed by atoms with Crippen LogP contribution in [0, 0.1) is 12.8 Å². The fraction of sp³-hybridized carbons (Fsp3) is 0.600. The molecule has 0 radical (unpaired) electrons. The second kappa shape index (κ2) is 5.31. The molecule has 0 unspecified atom stereocenters. The van der Waals surface area contributed by atoms with Crippen LogP contribution in [-0.2, 0) is 13.1 Å². The molecule has 7 heteroatoms. The minimum atomic E-state index is -0.0312. The lowest BCUT2D eigenvalue weighted by Crippen LogP contribution is -2.49. The SMILES string of the molecule is Cc1ccc(=O)n(CC2CN(Cc3noc(C4CC4)n3)C2)n1. The first-order valence-electron chi connectivity index (χ1n) is 7.77. The molecule has 22 heavy (non-hydrogen) atoms. The molecule has 0 spiro atoms. The van der Waals surface area contributed by atoms with Crippen LogP contribution in [-0.4, -0.2) is 37.9 Å². The number of nitrogens with zero attached hydrogens (tertiary/aromatic N) is 5. The van der Waals surface area contributed by atoms with Crippen molar-refractivity contribution in [2.75, 3.05) is 13.1 Å². The lowest BCUT2D eigenvalue weighted by atomic mass is 10.0. The van der Waals surface area contributed by atoms with E-state index in [1.54, 1.807) is 16.8 Å². The molecule has 1 aliphatic heterocycles. The highest BCUT2D eigenvalue weighted by molar-refractivity contribution is 5.02. The molecule has 0 N–H and O–H groups in total. The third kappa shape index (κ3) is 2.81. The van der Waals surface area contributed by atoms with E-state index in [2.05, 4.69) is 20.1 Å². The second-order valence-electron chi connectivity index (χ2n) is 6.38. The number of aryl methyl sites for hydroxylation is 1. The number of likely N-dealkylation sites (tertiary alicyclic amines) is 1. The van der Waals surface area contributed by atoms with Crippen molar-refractivity contribution in [2.45, 2.75) is 38.8 Å². The highest BCUT2D eigenvalue weighted by atomic mass is 16.5. The summed E-state index contributed by atoms with van der Waals surface area (Å²) in [5.41, 5.74) is 0.839. The van der Waals surface area contributed by atoms with Gasteiger partial charge in [0.05, 0.1) is 18.8 Å². The Kier molecular flexibility index (Phi) is 3.29. The van der Waals surface area contributed by atoms with Gasteiger partial charge < -0.3 is 4.52 Å². The Morgan fingerprint density at radius 1 is 1.32 bits per heavy atom. The van der Waals surface area contributed by atoms with Gasteiger partial charge in [-0.25, -0.2) is 4.68 Å². The zero-order valence-corrected chi connectivity index (χ0v) is 12.6. The van der Waals surface area contributed by atoms with Crippen LogP contribution in [0.4, 0.5) is 0 Å². The summed E-state index contributed by atoms with van der Waals surface area (Å²) in [4.78, 5) is 18.5. The van der Waals surface area contributed by atoms with Crippen LogP contribution in [0.1, 0.15) is 36.2 Å². The Morgan fingerprint density at radius 3 is 2.91 bits per heavy atom. The van der Waals surface area contributed by atoms with Gasteiger partial charge in [0.1, 0.15) is 0 Å². The number of hydrogen-bond acceptors (Lipinski definition) is 6. The van der Waals surface area contributed by atoms with Crippen LogP contribution in [0.3, 0.4) is 0 Å². The van der Waals surface area contributed by atoms with Gasteiger partial charge in [-0.15, -0.1) is 0 Å². The first-order valence-corrected chi connectivity index (χ1v) is 7.77. The maximum absolute atomic E-state index is 11.7. The molecule has 1 saturated heterocycles. The number of hydrogen-bond donors (Lipinski definition) is 0. The summed E-state index contributed by atoms with van der Waals surface area (Å²) in [5, 5.41) is 8.32. The molecule has 1 aliphatic carbocycles. The van der Waals surface area contributed by atoms with Crippen LogP contribution < -0.4 is 5.56 Å². The van der Waals surface area contributed by atoms with Gasteiger partial charge in [0.15, 0.2) is 5.82 Å². The predicted octanol–water partition coefficient (Wildman–Crippen LogP) is 0.944. The minimum Gasteiger partial charge on any atom is -0.339 e. The fourth-order valence-electron chi connectivity index (χ4n) is 2.88. The van der Waals surface area contributed by atoms with Crippen molar-refractivity contribution >= 4 is 0 Å². The van der Waals surface area contributed by atoms with E-state index in [1.807, 2.05) is 6.92 Å². The normalized spacial score (nSPS) is 19.3. The zero-order valence-electron chi connectivity index (χ0n) is 12.6. The van der Waals surface area contributed by atoms with Crippen LogP contribution in [0.5, 0.6) is 0 Å². The van der Waals surface area contributed by atoms with Crippen molar-refractivity contribution in [3.8, 4) is 0 Å². The van der Waals surface area contributed by atoms with Crippen LogP contribution in [0.2, 0.25) is 0 Å². The van der Waals surface area contributed by atoms with Crippen molar-refractivity contribution in [2.24, 2.45) is 5.92 Å². The quantitative estimate of drug-likeness (QED) is 0.818. The van der Waals surface area contributed by atoms with E-state index >= 15 is 0 Å². The Balaban J connectivity index is 1.30. The molecule has 7 nitrogen and oxygen atoms in total. The maximum Gasteiger partial charge on any atom is 0.266 e. The van der Waals surface area contributed by atoms with E-state index in [1.165, 1.54) is 12.8 Å². The molecule has 2 aliphatic rings. The van der Waals surface area contributed by atoms with E-state index in [0.29, 0.717) is 18.4 Å². The summed E-state index contributed by atoms with van der Waals surface area (Å²) < 4.78 is 6.83. The van der Waals surface area contributed by atoms with E-state index in [4.69, 9.17) is 4.52 Å². The molecule has 0 bridgehead atoms. The minimum absolute atomic E-state index is 0.0312. The van der Waals surface area contributed by atoms with E-state index < -0.39 is 0 Å². The van der Waals surface area contributed by atoms with Gasteiger partial charge in [-0.2, -0.15) is 10.1 Å². The van der Waals surface area contributed by atoms with Gasteiger partial charge in [0.25, 0.3) is 5.56 Å². The smallest absolute Gasteiger partial charge is 0.266 e. The first-order chi connectivity index (χ1) is 10.7. The second-order valence-corrected chi connectivity index (χ2v) is 6.38. The number of rotatable bonds is 5. The molecule has 0 atom stereocenters. The third-order valence-corrected chi connectivity index (χ3v) is 4.24. The third-order valence-electron chi connectivity index (χ3n) is 4.24. The largest absolute Gasteiger partial charge is 0.339 e. The van der Waals surface area contributed by atoms with Crippen molar-refractivity contribution < 1.29 is 4.52 Å². The Labute approximate surface area is 127 Å². The predicted molar refractivity (Wildman–Crippen MR) is 78.3 cm³/mol. The molecule has 2 fully saturated rings. The molecule has 2 aromatic rings. The maximum atomic E-state index is 11.7. The van der Waals surface area contributed by atoms with Crippen LogP contribution >= 0.6 is 0 Å². The molecule has 4 rings (SSSR count). The first kappa shape index (κ1) is 13.6. The summed E-state index contributed by atoms with van der Waals surface area (Å²) in [7, 11) is 0. The van der Waals surface area contributed by atoms with Gasteiger partial charge in [-0.3, -0.25) is 9.69 Å². The molecular weight excluding hydrogens is 282 g/mol. The molecule has 0 amide bonds. The van der Waals surface area contributed by atoms with Gasteiger partial charge in [0, 0.05) is 31.0 Å².